The molecule has 0 N–H and O–H groups in total. The molecular formula is C20H31N3O2. The number of hydrogen-bond acceptors (Lipinski definition) is 4. The number of carbonyl (C=O) groups is 1. The van der Waals surface area contributed by atoms with E-state index in [9.17, 15) is 4.79 Å². The Balaban J connectivity index is 1.57. The van der Waals surface area contributed by atoms with E-state index in [0.717, 1.165) is 57.9 Å². The van der Waals surface area contributed by atoms with Crippen molar-refractivity contribution in [3.05, 3.63) is 30.1 Å². The number of carbonyl (C=O) groups excluding carboxylic acids is 1. The van der Waals surface area contributed by atoms with Crippen molar-refractivity contribution < 1.29 is 9.53 Å². The van der Waals surface area contributed by atoms with Crippen LogP contribution in [-0.4, -0.2) is 60.1 Å². The van der Waals surface area contributed by atoms with E-state index in [1.807, 2.05) is 23.1 Å². The Morgan fingerprint density at radius 3 is 2.96 bits per heavy atom. The summed E-state index contributed by atoms with van der Waals surface area (Å²) in [4.78, 5) is 21.4. The minimum atomic E-state index is 0.256. The molecule has 25 heavy (non-hydrogen) atoms. The van der Waals surface area contributed by atoms with Crippen LogP contribution in [0.1, 0.15) is 44.7 Å². The van der Waals surface area contributed by atoms with Gasteiger partial charge in [-0.2, -0.15) is 0 Å². The number of pyridine rings is 1. The zero-order valence-electron chi connectivity index (χ0n) is 15.5. The Bertz CT molecular complexity index is 551. The van der Waals surface area contributed by atoms with E-state index in [1.165, 1.54) is 12.8 Å². The molecule has 0 unspecified atom stereocenters. The maximum Gasteiger partial charge on any atom is 0.222 e. The molecule has 0 saturated carbocycles. The van der Waals surface area contributed by atoms with Gasteiger partial charge < -0.3 is 14.5 Å². The van der Waals surface area contributed by atoms with E-state index in [-0.39, 0.29) is 11.3 Å². The first-order valence-electron chi connectivity index (χ1n) is 9.69. The second-order valence-corrected chi connectivity index (χ2v) is 7.56. The fourth-order valence-electron chi connectivity index (χ4n) is 4.21. The first-order valence-corrected chi connectivity index (χ1v) is 9.69. The fourth-order valence-corrected chi connectivity index (χ4v) is 4.21. The molecule has 0 radical (unpaired) electrons. The van der Waals surface area contributed by atoms with Crippen LogP contribution in [0.15, 0.2) is 24.4 Å². The molecule has 2 saturated heterocycles. The van der Waals surface area contributed by atoms with Gasteiger partial charge in [0.1, 0.15) is 0 Å². The Hall–Kier alpha value is -1.46. The molecule has 1 aromatic rings. The zero-order valence-corrected chi connectivity index (χ0v) is 15.5. The fraction of sp³-hybridized carbons (Fsp3) is 0.700. The van der Waals surface area contributed by atoms with Crippen molar-refractivity contribution in [2.45, 2.75) is 45.6 Å². The molecule has 138 valence electrons. The zero-order chi connectivity index (χ0) is 17.5. The first kappa shape index (κ1) is 18.3. The number of nitrogens with zero attached hydrogens (tertiary/aromatic N) is 3. The van der Waals surface area contributed by atoms with Gasteiger partial charge in [-0.05, 0) is 44.4 Å². The Morgan fingerprint density at radius 1 is 1.24 bits per heavy atom. The van der Waals surface area contributed by atoms with Crippen LogP contribution in [-0.2, 0) is 16.1 Å². The van der Waals surface area contributed by atoms with Gasteiger partial charge in [0.05, 0.1) is 18.8 Å². The molecule has 1 spiro atoms. The van der Waals surface area contributed by atoms with Gasteiger partial charge >= 0.3 is 0 Å². The first-order chi connectivity index (χ1) is 12.2. The van der Waals surface area contributed by atoms with E-state index in [0.29, 0.717) is 13.0 Å². The third-order valence-corrected chi connectivity index (χ3v) is 5.47. The molecule has 5 nitrogen and oxygen atoms in total. The average Bonchev–Trinajstić information content (AvgIpc) is 2.63. The lowest BCUT2D eigenvalue weighted by atomic mass is 9.73. The highest BCUT2D eigenvalue weighted by Crippen LogP contribution is 2.39. The van der Waals surface area contributed by atoms with E-state index < -0.39 is 0 Å². The lowest BCUT2D eigenvalue weighted by Gasteiger charge is -2.48. The van der Waals surface area contributed by atoms with Crippen LogP contribution in [0.4, 0.5) is 0 Å². The number of ether oxygens (including phenoxy) is 1. The van der Waals surface area contributed by atoms with E-state index in [1.54, 1.807) is 6.20 Å². The topological polar surface area (TPSA) is 45.7 Å². The maximum atomic E-state index is 12.4. The standard InChI is InChI=1S/C20H31N3O2/c1-2-13-25-14-12-22-11-5-8-20(16-22)9-7-19(24)23(17-20)15-18-6-3-4-10-21-18/h3-4,6,10H,2,5,7-9,11-17H2,1H3/t20-/m1/s1. The van der Waals surface area contributed by atoms with Gasteiger partial charge in [0.25, 0.3) is 0 Å². The lowest BCUT2D eigenvalue weighted by molar-refractivity contribution is -0.140. The summed E-state index contributed by atoms with van der Waals surface area (Å²) in [5.74, 6) is 0.277. The van der Waals surface area contributed by atoms with Crippen molar-refractivity contribution >= 4 is 5.91 Å². The quantitative estimate of drug-likeness (QED) is 0.713. The minimum Gasteiger partial charge on any atom is -0.380 e. The van der Waals surface area contributed by atoms with E-state index in [4.69, 9.17) is 4.74 Å². The van der Waals surface area contributed by atoms with Gasteiger partial charge in [0.2, 0.25) is 5.91 Å². The molecule has 2 aliphatic rings. The molecule has 3 heterocycles. The molecule has 1 atom stereocenters. The van der Waals surface area contributed by atoms with Crippen molar-refractivity contribution in [2.24, 2.45) is 5.41 Å². The lowest BCUT2D eigenvalue weighted by Crippen LogP contribution is -2.54. The second kappa shape index (κ2) is 8.77. The van der Waals surface area contributed by atoms with Crippen LogP contribution in [0, 0.1) is 5.41 Å². The monoisotopic (exact) mass is 345 g/mol. The van der Waals surface area contributed by atoms with Gasteiger partial charge in [-0.25, -0.2) is 0 Å². The molecule has 3 rings (SSSR count). The van der Waals surface area contributed by atoms with Gasteiger partial charge in [-0.1, -0.05) is 13.0 Å². The summed E-state index contributed by atoms with van der Waals surface area (Å²) in [7, 11) is 0. The molecule has 1 aromatic heterocycles. The normalized spacial score (nSPS) is 24.8. The van der Waals surface area contributed by atoms with Gasteiger partial charge in [-0.3, -0.25) is 9.78 Å². The summed E-state index contributed by atoms with van der Waals surface area (Å²) < 4.78 is 5.66. The van der Waals surface area contributed by atoms with Crippen LogP contribution >= 0.6 is 0 Å². The average molecular weight is 345 g/mol. The summed E-state index contributed by atoms with van der Waals surface area (Å²) >= 11 is 0. The van der Waals surface area contributed by atoms with Crippen LogP contribution < -0.4 is 0 Å². The van der Waals surface area contributed by atoms with Crippen molar-refractivity contribution in [3.63, 3.8) is 0 Å². The number of amides is 1. The predicted octanol–water partition coefficient (Wildman–Crippen LogP) is 2.71. The van der Waals surface area contributed by atoms with Gasteiger partial charge in [0.15, 0.2) is 0 Å². The van der Waals surface area contributed by atoms with Crippen molar-refractivity contribution in [1.29, 1.82) is 0 Å². The third kappa shape index (κ3) is 5.02. The van der Waals surface area contributed by atoms with Crippen LogP contribution in [0.2, 0.25) is 0 Å². The SMILES string of the molecule is CCCOCCN1CCC[C@@]2(CCC(=O)N(Cc3ccccn3)C2)C1. The molecule has 0 aliphatic carbocycles. The number of rotatable bonds is 7. The number of hydrogen-bond donors (Lipinski definition) is 0. The number of aromatic nitrogens is 1. The van der Waals surface area contributed by atoms with Crippen molar-refractivity contribution in [2.75, 3.05) is 39.4 Å². The van der Waals surface area contributed by atoms with E-state index >= 15 is 0 Å². The highest BCUT2D eigenvalue weighted by molar-refractivity contribution is 5.77. The largest absolute Gasteiger partial charge is 0.380 e. The third-order valence-electron chi connectivity index (χ3n) is 5.47. The molecule has 2 fully saturated rings. The highest BCUT2D eigenvalue weighted by atomic mass is 16.5. The Morgan fingerprint density at radius 2 is 2.16 bits per heavy atom. The predicted molar refractivity (Wildman–Crippen MR) is 98.1 cm³/mol. The summed E-state index contributed by atoms with van der Waals surface area (Å²) in [5, 5.41) is 0. The maximum absolute atomic E-state index is 12.4. The van der Waals surface area contributed by atoms with Gasteiger partial charge in [-0.15, -0.1) is 0 Å². The molecular weight excluding hydrogens is 314 g/mol. The van der Waals surface area contributed by atoms with Crippen molar-refractivity contribution in [3.8, 4) is 0 Å². The van der Waals surface area contributed by atoms with Crippen LogP contribution in [0.3, 0.4) is 0 Å². The van der Waals surface area contributed by atoms with Gasteiger partial charge in [0, 0.05) is 44.3 Å². The van der Waals surface area contributed by atoms with Crippen LogP contribution in [0.5, 0.6) is 0 Å². The number of piperidine rings is 2. The summed E-state index contributed by atoms with van der Waals surface area (Å²) in [6.07, 6.45) is 7.03. The molecule has 5 heteroatoms. The molecule has 0 bridgehead atoms. The van der Waals surface area contributed by atoms with E-state index in [2.05, 4.69) is 16.8 Å². The molecule has 1 amide bonds. The number of likely N-dealkylation sites (tertiary alicyclic amines) is 2. The summed E-state index contributed by atoms with van der Waals surface area (Å²) in [5.41, 5.74) is 1.24. The summed E-state index contributed by atoms with van der Waals surface area (Å²) in [6, 6.07) is 5.92. The minimum absolute atomic E-state index is 0.256. The van der Waals surface area contributed by atoms with Crippen LogP contribution in [0.25, 0.3) is 0 Å². The smallest absolute Gasteiger partial charge is 0.222 e. The Kier molecular flexibility index (Phi) is 6.43. The Labute approximate surface area is 151 Å². The van der Waals surface area contributed by atoms with Crippen molar-refractivity contribution in [1.82, 2.24) is 14.8 Å². The second-order valence-electron chi connectivity index (χ2n) is 7.56. The summed E-state index contributed by atoms with van der Waals surface area (Å²) in [6.45, 7) is 8.59. The molecule has 0 aromatic carbocycles. The molecule has 2 aliphatic heterocycles. The highest BCUT2D eigenvalue weighted by Gasteiger charge is 2.41.